The summed E-state index contributed by atoms with van der Waals surface area (Å²) >= 11 is 1.43. The molecule has 1 fully saturated rings. The van der Waals surface area contributed by atoms with E-state index in [1.165, 1.54) is 50.4 Å². The Bertz CT molecular complexity index is 1070. The van der Waals surface area contributed by atoms with Gasteiger partial charge in [0.05, 0.1) is 17.4 Å². The molecule has 0 unspecified atom stereocenters. The average molecular weight is 475 g/mol. The molecule has 1 aliphatic rings. The summed E-state index contributed by atoms with van der Waals surface area (Å²) in [4.78, 5) is 20.0. The number of thiazole rings is 1. The zero-order valence-electron chi connectivity index (χ0n) is 18.6. The number of nitrogens with zero attached hydrogens (tertiary/aromatic N) is 3. The fraction of sp³-hybridized carbons (Fsp3) is 0.522. The molecule has 1 N–H and O–H groups in total. The third kappa shape index (κ3) is 6.53. The number of hydrogen-bond donors (Lipinski definition) is 1. The molecular weight excluding hydrogens is 444 g/mol. The van der Waals surface area contributed by atoms with E-state index >= 15 is 0 Å². The van der Waals surface area contributed by atoms with Gasteiger partial charge < -0.3 is 4.90 Å². The highest BCUT2D eigenvalue weighted by molar-refractivity contribution is 7.90. The minimum Gasteiger partial charge on any atom is -0.347 e. The number of nitrogens with one attached hydrogen (secondary N) is 1. The summed E-state index contributed by atoms with van der Waals surface area (Å²) in [6, 6.07) is 9.73. The molecular formula is C23H30N4O3S2. The second-order valence-corrected chi connectivity index (χ2v) is 11.4. The molecule has 2 aromatic rings. The highest BCUT2D eigenvalue weighted by Gasteiger charge is 2.24. The maximum atomic E-state index is 12.5. The van der Waals surface area contributed by atoms with E-state index in [4.69, 9.17) is 5.26 Å². The van der Waals surface area contributed by atoms with Crippen LogP contribution in [0.15, 0.2) is 24.3 Å². The summed E-state index contributed by atoms with van der Waals surface area (Å²) in [6.45, 7) is 4.90. The first-order valence-electron chi connectivity index (χ1n) is 11.1. The molecule has 1 aromatic heterocycles. The van der Waals surface area contributed by atoms with Crippen LogP contribution in [-0.4, -0.2) is 38.2 Å². The van der Waals surface area contributed by atoms with E-state index in [2.05, 4.69) is 20.7 Å². The van der Waals surface area contributed by atoms with Crippen LogP contribution in [-0.2, 0) is 16.4 Å². The Labute approximate surface area is 194 Å². The summed E-state index contributed by atoms with van der Waals surface area (Å²) in [7, 11) is -3.64. The molecule has 1 aliphatic carbocycles. The predicted molar refractivity (Wildman–Crippen MR) is 127 cm³/mol. The fourth-order valence-corrected chi connectivity index (χ4v) is 5.41. The van der Waals surface area contributed by atoms with Crippen molar-refractivity contribution in [3.63, 3.8) is 0 Å². The van der Waals surface area contributed by atoms with Gasteiger partial charge in [-0.2, -0.15) is 5.26 Å². The molecule has 3 rings (SSSR count). The van der Waals surface area contributed by atoms with Crippen LogP contribution < -0.4 is 9.62 Å². The quantitative estimate of drug-likeness (QED) is 0.588. The Morgan fingerprint density at radius 2 is 1.94 bits per heavy atom. The summed E-state index contributed by atoms with van der Waals surface area (Å²) in [5, 5.41) is 9.75. The van der Waals surface area contributed by atoms with Crippen molar-refractivity contribution in [3.05, 3.63) is 46.0 Å². The molecule has 0 radical (unpaired) electrons. The molecule has 0 atom stereocenters. The number of hydrogen-bond acceptors (Lipinski definition) is 7. The van der Waals surface area contributed by atoms with Gasteiger partial charge in [-0.25, -0.2) is 18.1 Å². The van der Waals surface area contributed by atoms with Crippen LogP contribution in [0.1, 0.15) is 65.5 Å². The van der Waals surface area contributed by atoms with Crippen LogP contribution in [0.5, 0.6) is 0 Å². The van der Waals surface area contributed by atoms with Crippen molar-refractivity contribution in [2.45, 2.75) is 52.4 Å². The van der Waals surface area contributed by atoms with E-state index in [1.807, 2.05) is 24.3 Å². The average Bonchev–Trinajstić information content (AvgIpc) is 3.19. The molecule has 0 saturated heterocycles. The smallest absolute Gasteiger partial charge is 0.284 e. The lowest BCUT2D eigenvalue weighted by atomic mass is 9.89. The predicted octanol–water partition coefficient (Wildman–Crippen LogP) is 4.03. The maximum absolute atomic E-state index is 12.5. The molecule has 172 valence electrons. The molecule has 1 heterocycles. The van der Waals surface area contributed by atoms with Crippen LogP contribution in [0.3, 0.4) is 0 Å². The third-order valence-electron chi connectivity index (χ3n) is 5.86. The monoisotopic (exact) mass is 474 g/mol. The van der Waals surface area contributed by atoms with E-state index in [-0.39, 0.29) is 11.4 Å². The Morgan fingerprint density at radius 3 is 2.56 bits per heavy atom. The molecule has 1 saturated carbocycles. The lowest BCUT2D eigenvalue weighted by Gasteiger charge is -2.29. The van der Waals surface area contributed by atoms with Crippen molar-refractivity contribution >= 4 is 32.4 Å². The van der Waals surface area contributed by atoms with Crippen LogP contribution in [0.25, 0.3) is 0 Å². The molecule has 32 heavy (non-hydrogen) atoms. The summed E-state index contributed by atoms with van der Waals surface area (Å²) in [6.07, 6.45) is 6.96. The van der Waals surface area contributed by atoms with Crippen LogP contribution in [0, 0.1) is 24.2 Å². The Kier molecular flexibility index (Phi) is 8.26. The molecule has 1 aromatic carbocycles. The van der Waals surface area contributed by atoms with Gasteiger partial charge in [0.15, 0.2) is 5.13 Å². The maximum Gasteiger partial charge on any atom is 0.284 e. The highest BCUT2D eigenvalue weighted by atomic mass is 32.2. The molecule has 7 nitrogen and oxygen atoms in total. The molecule has 0 bridgehead atoms. The number of nitriles is 1. The standard InChI is InChI=1S/C23H30N4O3S2/c1-3-32(29,30)26-22(28)21-17(2)31-23(25-21)27(16-20-7-5-4-6-8-20)14-13-18-9-11-19(15-24)12-10-18/h9-12,20H,3-8,13-14,16H2,1-2H3,(H,26,28). The lowest BCUT2D eigenvalue weighted by Crippen LogP contribution is -2.33. The summed E-state index contributed by atoms with van der Waals surface area (Å²) in [5.41, 5.74) is 1.95. The van der Waals surface area contributed by atoms with E-state index in [0.29, 0.717) is 16.4 Å². The van der Waals surface area contributed by atoms with E-state index in [1.54, 1.807) is 6.92 Å². The van der Waals surface area contributed by atoms with Crippen LogP contribution in [0.4, 0.5) is 5.13 Å². The molecule has 9 heteroatoms. The summed E-state index contributed by atoms with van der Waals surface area (Å²) in [5.74, 6) is -0.240. The minimum absolute atomic E-state index is 0.160. The van der Waals surface area contributed by atoms with Crippen molar-refractivity contribution in [1.29, 1.82) is 5.26 Å². The second kappa shape index (κ2) is 10.9. The van der Waals surface area contributed by atoms with Crippen molar-refractivity contribution in [2.24, 2.45) is 5.92 Å². The highest BCUT2D eigenvalue weighted by Crippen LogP contribution is 2.30. The SMILES string of the molecule is CCS(=O)(=O)NC(=O)c1nc(N(CCc2ccc(C#N)cc2)CC2CCCCC2)sc1C. The first-order valence-corrected chi connectivity index (χ1v) is 13.5. The van der Waals surface area contributed by atoms with Gasteiger partial charge in [-0.15, -0.1) is 11.3 Å². The zero-order chi connectivity index (χ0) is 23.1. The number of aryl methyl sites for hydroxylation is 1. The first kappa shape index (κ1) is 24.2. The fourth-order valence-electron chi connectivity index (χ4n) is 3.95. The van der Waals surface area contributed by atoms with Crippen LogP contribution >= 0.6 is 11.3 Å². The number of rotatable bonds is 9. The minimum atomic E-state index is -3.64. The lowest BCUT2D eigenvalue weighted by molar-refractivity contribution is 0.0976. The van der Waals surface area contributed by atoms with Gasteiger partial charge in [-0.3, -0.25) is 4.79 Å². The summed E-state index contributed by atoms with van der Waals surface area (Å²) < 4.78 is 25.7. The van der Waals surface area contributed by atoms with E-state index in [9.17, 15) is 13.2 Å². The number of amides is 1. The van der Waals surface area contributed by atoms with Crippen molar-refractivity contribution in [1.82, 2.24) is 9.71 Å². The second-order valence-electron chi connectivity index (χ2n) is 8.24. The van der Waals surface area contributed by atoms with Crippen molar-refractivity contribution in [3.8, 4) is 6.07 Å². The van der Waals surface area contributed by atoms with Gasteiger partial charge in [0.1, 0.15) is 5.69 Å². The number of sulfonamides is 1. The third-order valence-corrected chi connectivity index (χ3v) is 8.14. The van der Waals surface area contributed by atoms with Gasteiger partial charge in [0, 0.05) is 18.0 Å². The Morgan fingerprint density at radius 1 is 1.25 bits per heavy atom. The number of aromatic nitrogens is 1. The topological polar surface area (TPSA) is 103 Å². The van der Waals surface area contributed by atoms with Crippen molar-refractivity contribution in [2.75, 3.05) is 23.7 Å². The number of anilines is 1. The largest absolute Gasteiger partial charge is 0.347 e. The van der Waals surface area contributed by atoms with Gasteiger partial charge in [0.2, 0.25) is 10.0 Å². The normalized spacial score (nSPS) is 14.7. The van der Waals surface area contributed by atoms with E-state index < -0.39 is 15.9 Å². The zero-order valence-corrected chi connectivity index (χ0v) is 20.3. The van der Waals surface area contributed by atoms with Gasteiger partial charge >= 0.3 is 0 Å². The van der Waals surface area contributed by atoms with Crippen LogP contribution in [0.2, 0.25) is 0 Å². The first-order chi connectivity index (χ1) is 15.3. The van der Waals surface area contributed by atoms with E-state index in [0.717, 1.165) is 30.2 Å². The van der Waals surface area contributed by atoms with Gasteiger partial charge in [-0.1, -0.05) is 31.4 Å². The Hall–Kier alpha value is -2.44. The Balaban J connectivity index is 1.78. The molecule has 0 spiro atoms. The number of benzene rings is 1. The van der Waals surface area contributed by atoms with Crippen molar-refractivity contribution < 1.29 is 13.2 Å². The van der Waals surface area contributed by atoms with Gasteiger partial charge in [-0.05, 0) is 56.7 Å². The van der Waals surface area contributed by atoms with Gasteiger partial charge in [0.25, 0.3) is 5.91 Å². The number of carbonyl (C=O) groups is 1. The number of carbonyl (C=O) groups excluding carboxylic acids is 1. The molecule has 0 aliphatic heterocycles. The molecule has 1 amide bonds.